The molecule has 1 heterocycles. The number of anilines is 2. The van der Waals surface area contributed by atoms with Crippen LogP contribution in [0.1, 0.15) is 24.8 Å². The van der Waals surface area contributed by atoms with Crippen molar-refractivity contribution in [1.29, 1.82) is 0 Å². The number of piperidine rings is 1. The number of hydrogen-bond acceptors (Lipinski definition) is 3. The molecular weight excluding hydrogens is 283 g/mol. The van der Waals surface area contributed by atoms with Gasteiger partial charge in [0, 0.05) is 0 Å². The Morgan fingerprint density at radius 3 is 2.48 bits per heavy atom. The fourth-order valence-electron chi connectivity index (χ4n) is 2.36. The zero-order chi connectivity index (χ0) is 15.5. The Hall–Kier alpha value is -1.76. The summed E-state index contributed by atoms with van der Waals surface area (Å²) in [6.07, 6.45) is -1.14. The van der Waals surface area contributed by atoms with E-state index in [0.29, 0.717) is 0 Å². The number of alkyl halides is 3. The molecule has 1 aliphatic rings. The van der Waals surface area contributed by atoms with Crippen LogP contribution in [0.4, 0.5) is 24.5 Å². The first-order valence-electron chi connectivity index (χ1n) is 6.85. The first-order valence-corrected chi connectivity index (χ1v) is 6.85. The summed E-state index contributed by atoms with van der Waals surface area (Å²) in [7, 11) is 0. The fourth-order valence-corrected chi connectivity index (χ4v) is 2.36. The summed E-state index contributed by atoms with van der Waals surface area (Å²) in [5.74, 6) is -0.261. The van der Waals surface area contributed by atoms with Crippen LogP contribution in [0.2, 0.25) is 0 Å². The minimum absolute atomic E-state index is 0.0863. The lowest BCUT2D eigenvalue weighted by Crippen LogP contribution is -2.36. The van der Waals surface area contributed by atoms with Crippen LogP contribution in [0.3, 0.4) is 0 Å². The molecule has 2 rings (SSSR count). The molecule has 0 aromatic heterocycles. The van der Waals surface area contributed by atoms with Crippen LogP contribution in [0.25, 0.3) is 0 Å². The zero-order valence-electron chi connectivity index (χ0n) is 11.5. The lowest BCUT2D eigenvalue weighted by Gasteiger charge is -2.25. The van der Waals surface area contributed by atoms with Crippen molar-refractivity contribution in [2.45, 2.75) is 25.4 Å². The number of nitrogens with two attached hydrogens (primary N) is 1. The van der Waals surface area contributed by atoms with Crippen LogP contribution >= 0.6 is 0 Å². The van der Waals surface area contributed by atoms with Crippen molar-refractivity contribution < 1.29 is 18.0 Å². The molecule has 3 N–H and O–H groups in total. The molecule has 1 fully saturated rings. The van der Waals surface area contributed by atoms with Crippen LogP contribution in [0.15, 0.2) is 18.2 Å². The predicted molar refractivity (Wildman–Crippen MR) is 74.8 cm³/mol. The highest BCUT2D eigenvalue weighted by atomic mass is 19.4. The van der Waals surface area contributed by atoms with Gasteiger partial charge in [0.1, 0.15) is 0 Å². The third-order valence-corrected chi connectivity index (χ3v) is 3.47. The van der Waals surface area contributed by atoms with E-state index in [1.54, 1.807) is 0 Å². The molecular formula is C14H18F3N3O. The maximum Gasteiger partial charge on any atom is 0.416 e. The van der Waals surface area contributed by atoms with E-state index in [4.69, 9.17) is 5.73 Å². The predicted octanol–water partition coefficient (Wildman–Crippen LogP) is 2.71. The molecule has 1 amide bonds. The Balaban J connectivity index is 1.97. The number of carbonyl (C=O) groups is 1. The third-order valence-electron chi connectivity index (χ3n) is 3.47. The number of nitrogens with one attached hydrogen (secondary N) is 1. The van der Waals surface area contributed by atoms with Gasteiger partial charge in [-0.15, -0.1) is 0 Å². The van der Waals surface area contributed by atoms with Gasteiger partial charge in [-0.2, -0.15) is 13.2 Å². The average molecular weight is 301 g/mol. The Bertz CT molecular complexity index is 511. The van der Waals surface area contributed by atoms with E-state index in [1.807, 2.05) is 4.90 Å². The maximum atomic E-state index is 12.5. The van der Waals surface area contributed by atoms with Gasteiger partial charge in [-0.25, -0.2) is 0 Å². The van der Waals surface area contributed by atoms with Gasteiger partial charge in [0.05, 0.1) is 23.5 Å². The van der Waals surface area contributed by atoms with E-state index in [2.05, 4.69) is 5.32 Å². The maximum absolute atomic E-state index is 12.5. The molecule has 0 radical (unpaired) electrons. The van der Waals surface area contributed by atoms with Crippen molar-refractivity contribution >= 4 is 17.3 Å². The summed E-state index contributed by atoms with van der Waals surface area (Å²) >= 11 is 0. The Morgan fingerprint density at radius 2 is 1.90 bits per heavy atom. The highest BCUT2D eigenvalue weighted by Crippen LogP contribution is 2.32. The molecule has 21 heavy (non-hydrogen) atoms. The molecule has 1 saturated heterocycles. The van der Waals surface area contributed by atoms with Crippen molar-refractivity contribution in [2.75, 3.05) is 30.7 Å². The molecule has 1 aromatic rings. The molecule has 0 bridgehead atoms. The second-order valence-electron chi connectivity index (χ2n) is 5.18. The largest absolute Gasteiger partial charge is 0.416 e. The molecule has 0 unspecified atom stereocenters. The smallest absolute Gasteiger partial charge is 0.397 e. The molecule has 0 aliphatic carbocycles. The van der Waals surface area contributed by atoms with Crippen LogP contribution in [0, 0.1) is 0 Å². The van der Waals surface area contributed by atoms with Gasteiger partial charge in [0.2, 0.25) is 5.91 Å². The van der Waals surface area contributed by atoms with Gasteiger partial charge in [0.25, 0.3) is 0 Å². The summed E-state index contributed by atoms with van der Waals surface area (Å²) < 4.78 is 37.6. The van der Waals surface area contributed by atoms with Crippen molar-refractivity contribution in [3.05, 3.63) is 23.8 Å². The van der Waals surface area contributed by atoms with E-state index >= 15 is 0 Å². The monoisotopic (exact) mass is 301 g/mol. The lowest BCUT2D eigenvalue weighted by molar-refractivity contribution is -0.137. The van der Waals surface area contributed by atoms with Gasteiger partial charge in [-0.05, 0) is 44.1 Å². The SMILES string of the molecule is Nc1cc(C(F)(F)F)ccc1NC(=O)CN1CCCCC1. The van der Waals surface area contributed by atoms with Gasteiger partial charge in [-0.3, -0.25) is 9.69 Å². The summed E-state index contributed by atoms with van der Waals surface area (Å²) in [4.78, 5) is 13.9. The number of carbonyl (C=O) groups excluding carboxylic acids is 1. The lowest BCUT2D eigenvalue weighted by atomic mass is 10.1. The molecule has 0 spiro atoms. The van der Waals surface area contributed by atoms with E-state index in [0.717, 1.165) is 38.1 Å². The third kappa shape index (κ3) is 4.35. The van der Waals surface area contributed by atoms with E-state index in [1.165, 1.54) is 12.5 Å². The summed E-state index contributed by atoms with van der Waals surface area (Å²) in [6, 6.07) is 2.93. The van der Waals surface area contributed by atoms with E-state index < -0.39 is 11.7 Å². The number of likely N-dealkylation sites (tertiary alicyclic amines) is 1. The molecule has 7 heteroatoms. The quantitative estimate of drug-likeness (QED) is 0.844. The minimum Gasteiger partial charge on any atom is -0.397 e. The normalized spacial score (nSPS) is 16.7. The average Bonchev–Trinajstić information content (AvgIpc) is 2.41. The molecule has 116 valence electrons. The molecule has 1 aliphatic heterocycles. The standard InChI is InChI=1S/C14H18F3N3O/c15-14(16,17)10-4-5-12(11(18)8-10)19-13(21)9-20-6-2-1-3-7-20/h4-5,8H,1-3,6-7,9,18H2,(H,19,21). The van der Waals surface area contributed by atoms with Crippen LogP contribution in [-0.4, -0.2) is 30.4 Å². The van der Waals surface area contributed by atoms with Crippen LogP contribution in [0.5, 0.6) is 0 Å². The van der Waals surface area contributed by atoms with E-state index in [9.17, 15) is 18.0 Å². The van der Waals surface area contributed by atoms with Crippen molar-refractivity contribution in [2.24, 2.45) is 0 Å². The Labute approximate surface area is 121 Å². The summed E-state index contributed by atoms with van der Waals surface area (Å²) in [5, 5.41) is 2.56. The van der Waals surface area contributed by atoms with Crippen molar-refractivity contribution in [3.8, 4) is 0 Å². The zero-order valence-corrected chi connectivity index (χ0v) is 11.5. The first kappa shape index (κ1) is 15.6. The molecule has 4 nitrogen and oxygen atoms in total. The fraction of sp³-hybridized carbons (Fsp3) is 0.500. The van der Waals surface area contributed by atoms with Crippen molar-refractivity contribution in [1.82, 2.24) is 4.90 Å². The highest BCUT2D eigenvalue weighted by Gasteiger charge is 2.30. The number of nitrogens with zero attached hydrogens (tertiary/aromatic N) is 1. The topological polar surface area (TPSA) is 58.4 Å². The number of benzene rings is 1. The molecule has 0 atom stereocenters. The Morgan fingerprint density at radius 1 is 1.24 bits per heavy atom. The molecule has 0 saturated carbocycles. The summed E-state index contributed by atoms with van der Waals surface area (Å²) in [5.41, 5.74) is 4.87. The van der Waals surface area contributed by atoms with Crippen LogP contribution in [-0.2, 0) is 11.0 Å². The Kier molecular flexibility index (Phi) is 4.72. The number of amides is 1. The van der Waals surface area contributed by atoms with Gasteiger partial charge in [0.15, 0.2) is 0 Å². The number of hydrogen-bond donors (Lipinski definition) is 2. The number of halogens is 3. The second kappa shape index (κ2) is 6.34. The minimum atomic E-state index is -4.44. The number of nitrogen functional groups attached to an aromatic ring is 1. The van der Waals surface area contributed by atoms with Gasteiger partial charge < -0.3 is 11.1 Å². The van der Waals surface area contributed by atoms with Gasteiger partial charge >= 0.3 is 6.18 Å². The van der Waals surface area contributed by atoms with E-state index in [-0.39, 0.29) is 23.8 Å². The van der Waals surface area contributed by atoms with Crippen LogP contribution < -0.4 is 11.1 Å². The van der Waals surface area contributed by atoms with Crippen molar-refractivity contribution in [3.63, 3.8) is 0 Å². The summed E-state index contributed by atoms with van der Waals surface area (Å²) in [6.45, 7) is 1.98. The second-order valence-corrected chi connectivity index (χ2v) is 5.18. The highest BCUT2D eigenvalue weighted by molar-refractivity contribution is 5.95. The molecule has 1 aromatic carbocycles. The van der Waals surface area contributed by atoms with Gasteiger partial charge in [-0.1, -0.05) is 6.42 Å². The first-order chi connectivity index (χ1) is 9.86. The number of rotatable bonds is 3.